The molecule has 0 bridgehead atoms. The van der Waals surface area contributed by atoms with Crippen molar-refractivity contribution in [2.75, 3.05) is 45.6 Å². The summed E-state index contributed by atoms with van der Waals surface area (Å²) in [6.07, 6.45) is 1.92. The lowest BCUT2D eigenvalue weighted by Crippen LogP contribution is -2.43. The van der Waals surface area contributed by atoms with Gasteiger partial charge in [-0.25, -0.2) is 4.79 Å². The molecule has 3 heterocycles. The first kappa shape index (κ1) is 21.3. The number of nitrogens with zero attached hydrogens (tertiary/aromatic N) is 5. The van der Waals surface area contributed by atoms with Gasteiger partial charge in [-0.1, -0.05) is 37.6 Å². The van der Waals surface area contributed by atoms with Crippen molar-refractivity contribution in [3.05, 3.63) is 45.9 Å². The highest BCUT2D eigenvalue weighted by Gasteiger charge is 2.16. The quantitative estimate of drug-likeness (QED) is 0.529. The molecule has 0 amide bonds. The van der Waals surface area contributed by atoms with Crippen molar-refractivity contribution < 1.29 is 4.74 Å². The molecule has 1 aliphatic heterocycles. The highest BCUT2D eigenvalue weighted by Crippen LogP contribution is 2.19. The standard InChI is InChI=1S/C22H31N7O2/c1-3-4-13-31-21-25-19(23)18-20(26-21)29(22(30)24-18)15-17-7-5-16(6-8-17)14-28-11-9-27(2)10-12-28/h5-8H,3-4,9-15H2,1-2H3,(H,24,30)(H2,23,25,26). The highest BCUT2D eigenvalue weighted by atomic mass is 16.5. The molecule has 1 fully saturated rings. The summed E-state index contributed by atoms with van der Waals surface area (Å²) in [7, 11) is 2.16. The van der Waals surface area contributed by atoms with Crippen LogP contribution < -0.4 is 16.2 Å². The van der Waals surface area contributed by atoms with Gasteiger partial charge in [0.05, 0.1) is 13.2 Å². The van der Waals surface area contributed by atoms with Gasteiger partial charge in [-0.05, 0) is 24.6 Å². The zero-order chi connectivity index (χ0) is 21.8. The van der Waals surface area contributed by atoms with Crippen LogP contribution in [0.5, 0.6) is 6.01 Å². The third-order valence-electron chi connectivity index (χ3n) is 5.72. The molecule has 0 saturated carbocycles. The number of nitrogens with one attached hydrogen (secondary N) is 1. The summed E-state index contributed by atoms with van der Waals surface area (Å²) in [4.78, 5) is 28.7. The number of likely N-dealkylation sites (N-methyl/N-ethyl adjacent to an activating group) is 1. The molecule has 2 aromatic heterocycles. The normalized spacial score (nSPS) is 15.5. The smallest absolute Gasteiger partial charge is 0.328 e. The average Bonchev–Trinajstić information content (AvgIpc) is 3.07. The van der Waals surface area contributed by atoms with Crippen LogP contribution in [0, 0.1) is 0 Å². The molecule has 1 aromatic carbocycles. The summed E-state index contributed by atoms with van der Waals surface area (Å²) in [5.74, 6) is 0.217. The SMILES string of the molecule is CCCCOc1nc(N)c2[nH]c(=O)n(Cc3ccc(CN4CCN(C)CC4)cc3)c2n1. The number of hydrogen-bond acceptors (Lipinski definition) is 7. The van der Waals surface area contributed by atoms with Gasteiger partial charge in [0.2, 0.25) is 0 Å². The Bertz CT molecular complexity index is 1070. The summed E-state index contributed by atoms with van der Waals surface area (Å²) in [6.45, 7) is 8.35. The molecule has 3 aromatic rings. The number of rotatable bonds is 8. The van der Waals surface area contributed by atoms with Crippen molar-refractivity contribution in [3.63, 3.8) is 0 Å². The molecule has 3 N–H and O–H groups in total. The number of imidazole rings is 1. The first-order valence-corrected chi connectivity index (χ1v) is 10.9. The van der Waals surface area contributed by atoms with Crippen molar-refractivity contribution in [2.45, 2.75) is 32.9 Å². The summed E-state index contributed by atoms with van der Waals surface area (Å²) in [5.41, 5.74) is 8.98. The van der Waals surface area contributed by atoms with Crippen molar-refractivity contribution in [2.24, 2.45) is 0 Å². The van der Waals surface area contributed by atoms with Crippen LogP contribution >= 0.6 is 0 Å². The number of aromatic nitrogens is 4. The monoisotopic (exact) mass is 425 g/mol. The molecule has 166 valence electrons. The summed E-state index contributed by atoms with van der Waals surface area (Å²) < 4.78 is 7.18. The molecular weight excluding hydrogens is 394 g/mol. The van der Waals surface area contributed by atoms with E-state index in [0.717, 1.165) is 51.1 Å². The number of anilines is 1. The van der Waals surface area contributed by atoms with Crippen LogP contribution in [-0.4, -0.2) is 69.2 Å². The van der Waals surface area contributed by atoms with E-state index in [1.54, 1.807) is 4.57 Å². The minimum Gasteiger partial charge on any atom is -0.463 e. The van der Waals surface area contributed by atoms with E-state index in [2.05, 4.69) is 63.0 Å². The average molecular weight is 426 g/mol. The molecule has 9 nitrogen and oxygen atoms in total. The molecule has 0 atom stereocenters. The lowest BCUT2D eigenvalue weighted by atomic mass is 10.1. The van der Waals surface area contributed by atoms with Crippen molar-refractivity contribution >= 4 is 17.0 Å². The van der Waals surface area contributed by atoms with E-state index >= 15 is 0 Å². The third kappa shape index (κ3) is 5.05. The van der Waals surface area contributed by atoms with Gasteiger partial charge in [0.15, 0.2) is 11.5 Å². The molecule has 1 saturated heterocycles. The van der Waals surface area contributed by atoms with Gasteiger partial charge in [-0.3, -0.25) is 9.47 Å². The second-order valence-corrected chi connectivity index (χ2v) is 8.20. The maximum atomic E-state index is 12.6. The van der Waals surface area contributed by atoms with Crippen molar-refractivity contribution in [3.8, 4) is 6.01 Å². The molecule has 4 rings (SSSR count). The third-order valence-corrected chi connectivity index (χ3v) is 5.72. The number of nitrogens with two attached hydrogens (primary N) is 1. The van der Waals surface area contributed by atoms with Crippen molar-refractivity contribution in [1.29, 1.82) is 0 Å². The van der Waals surface area contributed by atoms with Gasteiger partial charge in [0, 0.05) is 32.7 Å². The Labute approximate surface area is 181 Å². The Kier molecular flexibility index (Phi) is 6.53. The van der Waals surface area contributed by atoms with Crippen LogP contribution in [0.4, 0.5) is 5.82 Å². The first-order chi connectivity index (χ1) is 15.0. The summed E-state index contributed by atoms with van der Waals surface area (Å²) >= 11 is 0. The number of fused-ring (bicyclic) bond motifs is 1. The predicted molar refractivity (Wildman–Crippen MR) is 121 cm³/mol. The summed E-state index contributed by atoms with van der Waals surface area (Å²) in [6, 6.07) is 8.61. The largest absolute Gasteiger partial charge is 0.463 e. The fourth-order valence-corrected chi connectivity index (χ4v) is 3.75. The maximum Gasteiger partial charge on any atom is 0.328 e. The van der Waals surface area contributed by atoms with Gasteiger partial charge < -0.3 is 20.4 Å². The maximum absolute atomic E-state index is 12.6. The van der Waals surface area contributed by atoms with Gasteiger partial charge in [0.25, 0.3) is 0 Å². The van der Waals surface area contributed by atoms with Crippen LogP contribution in [0.25, 0.3) is 11.2 Å². The lowest BCUT2D eigenvalue weighted by Gasteiger charge is -2.32. The molecule has 9 heteroatoms. The number of ether oxygens (including phenoxy) is 1. The molecular formula is C22H31N7O2. The number of nitrogen functional groups attached to an aromatic ring is 1. The minimum atomic E-state index is -0.261. The van der Waals surface area contributed by atoms with E-state index in [4.69, 9.17) is 10.5 Å². The van der Waals surface area contributed by atoms with E-state index in [9.17, 15) is 4.79 Å². The number of aromatic amines is 1. The fraction of sp³-hybridized carbons (Fsp3) is 0.500. The van der Waals surface area contributed by atoms with E-state index in [-0.39, 0.29) is 17.5 Å². The number of hydrogen-bond donors (Lipinski definition) is 2. The number of piperazine rings is 1. The Balaban J connectivity index is 1.49. The molecule has 1 aliphatic rings. The van der Waals surface area contributed by atoms with Gasteiger partial charge in [0.1, 0.15) is 5.52 Å². The van der Waals surface area contributed by atoms with E-state index in [1.807, 2.05) is 0 Å². The molecule has 0 radical (unpaired) electrons. The molecule has 0 aliphatic carbocycles. The number of H-pyrrole nitrogens is 1. The highest BCUT2D eigenvalue weighted by molar-refractivity contribution is 5.81. The van der Waals surface area contributed by atoms with Gasteiger partial charge in [-0.2, -0.15) is 9.97 Å². The Morgan fingerprint density at radius 3 is 2.42 bits per heavy atom. The lowest BCUT2D eigenvalue weighted by molar-refractivity contribution is 0.148. The minimum absolute atomic E-state index is 0.203. The topological polar surface area (TPSA) is 105 Å². The van der Waals surface area contributed by atoms with Crippen LogP contribution in [0.15, 0.2) is 29.1 Å². The predicted octanol–water partition coefficient (Wildman–Crippen LogP) is 1.68. The van der Waals surface area contributed by atoms with E-state index in [0.29, 0.717) is 24.3 Å². The molecule has 0 unspecified atom stereocenters. The Morgan fingerprint density at radius 1 is 1.06 bits per heavy atom. The Hall–Kier alpha value is -2.91. The second kappa shape index (κ2) is 9.49. The first-order valence-electron chi connectivity index (χ1n) is 10.9. The van der Waals surface area contributed by atoms with Gasteiger partial charge in [-0.15, -0.1) is 0 Å². The van der Waals surface area contributed by atoms with Crippen molar-refractivity contribution in [1.82, 2.24) is 29.3 Å². The molecule has 0 spiro atoms. The number of benzene rings is 1. The zero-order valence-corrected chi connectivity index (χ0v) is 18.3. The molecule has 31 heavy (non-hydrogen) atoms. The zero-order valence-electron chi connectivity index (χ0n) is 18.3. The fourth-order valence-electron chi connectivity index (χ4n) is 3.75. The van der Waals surface area contributed by atoms with E-state index in [1.165, 1.54) is 5.56 Å². The van der Waals surface area contributed by atoms with Gasteiger partial charge >= 0.3 is 11.7 Å². The summed E-state index contributed by atoms with van der Waals surface area (Å²) in [5, 5.41) is 0. The van der Waals surface area contributed by atoms with Crippen LogP contribution in [0.1, 0.15) is 30.9 Å². The Morgan fingerprint density at radius 2 is 1.74 bits per heavy atom. The van der Waals surface area contributed by atoms with E-state index < -0.39 is 0 Å². The van der Waals surface area contributed by atoms with Crippen LogP contribution in [0.2, 0.25) is 0 Å². The second-order valence-electron chi connectivity index (χ2n) is 8.20. The van der Waals surface area contributed by atoms with Crippen LogP contribution in [-0.2, 0) is 13.1 Å². The van der Waals surface area contributed by atoms with Crippen LogP contribution in [0.3, 0.4) is 0 Å². The number of unbranched alkanes of at least 4 members (excludes halogenated alkanes) is 1.